The van der Waals surface area contributed by atoms with Crippen LogP contribution in [0.2, 0.25) is 0 Å². The van der Waals surface area contributed by atoms with Crippen molar-refractivity contribution in [3.05, 3.63) is 0 Å². The van der Waals surface area contributed by atoms with E-state index < -0.39 is 53.3 Å². The van der Waals surface area contributed by atoms with E-state index >= 15 is 0 Å². The molecule has 1 saturated carbocycles. The van der Waals surface area contributed by atoms with E-state index in [1.54, 1.807) is 0 Å². The number of aliphatic carboxylic acids is 1. The van der Waals surface area contributed by atoms with Gasteiger partial charge in [-0.2, -0.15) is 0 Å². The maximum atomic E-state index is 12.6. The summed E-state index contributed by atoms with van der Waals surface area (Å²) in [6, 6.07) is 0. The number of carboxylic acids is 1. The van der Waals surface area contributed by atoms with Gasteiger partial charge in [-0.25, -0.2) is 14.6 Å². The second-order valence-corrected chi connectivity index (χ2v) is 11.8. The van der Waals surface area contributed by atoms with E-state index in [4.69, 9.17) is 29.1 Å². The van der Waals surface area contributed by atoms with Crippen molar-refractivity contribution in [1.29, 1.82) is 0 Å². The predicted molar refractivity (Wildman–Crippen MR) is 123 cm³/mol. The first kappa shape index (κ1) is 27.3. The number of aliphatic hydroxyl groups excluding tert-OH is 1. The third-order valence-corrected chi connectivity index (χ3v) is 8.62. The van der Waals surface area contributed by atoms with Crippen molar-refractivity contribution in [2.75, 3.05) is 6.54 Å². The molecule has 4 heterocycles. The molecule has 3 N–H and O–H groups in total. The van der Waals surface area contributed by atoms with Crippen molar-refractivity contribution in [1.82, 2.24) is 5.32 Å². The number of carboxylic acid groups (broad SMARTS) is 1. The lowest BCUT2D eigenvalue weighted by Crippen LogP contribution is -2.70. The minimum absolute atomic E-state index is 0.0177. The maximum Gasteiger partial charge on any atom is 0.333 e. The van der Waals surface area contributed by atoms with E-state index in [0.717, 1.165) is 19.3 Å². The molecule has 4 saturated heterocycles. The van der Waals surface area contributed by atoms with Crippen molar-refractivity contribution in [3.63, 3.8) is 0 Å². The summed E-state index contributed by atoms with van der Waals surface area (Å²) in [5.74, 6) is -2.83. The van der Waals surface area contributed by atoms with Crippen LogP contribution in [-0.2, 0) is 38.4 Å². The van der Waals surface area contributed by atoms with Gasteiger partial charge < -0.3 is 29.7 Å². The van der Waals surface area contributed by atoms with Crippen molar-refractivity contribution < 1.29 is 48.6 Å². The molecule has 11 heteroatoms. The number of hydrogen-bond acceptors (Lipinski definition) is 9. The van der Waals surface area contributed by atoms with E-state index in [1.807, 2.05) is 13.8 Å². The molecule has 0 radical (unpaired) electrons. The van der Waals surface area contributed by atoms with Crippen LogP contribution in [0.25, 0.3) is 0 Å². The van der Waals surface area contributed by atoms with Gasteiger partial charge in [-0.1, -0.05) is 27.7 Å². The standard InChI is InChI=1S/C25H39NO10/c1-13-6-7-16-14(2)21(33-22-25(16)15(13)10-11-24(5,34-22)35-36-25)32-18(28)9-8-17(27)26-12-23(3,4)19(29)20(30)31/h13-16,19,21-22,29H,6-12H2,1-5H3,(H,26,27)(H,30,31)/t13-,14-,15+,16+,19-,21-,22-,24-,25-/m1/s1. The highest BCUT2D eigenvalue weighted by Crippen LogP contribution is 2.60. The highest BCUT2D eigenvalue weighted by atomic mass is 17.3. The lowest BCUT2D eigenvalue weighted by Gasteiger charge is -2.59. The van der Waals surface area contributed by atoms with Crippen LogP contribution in [0.15, 0.2) is 0 Å². The average molecular weight is 514 g/mol. The van der Waals surface area contributed by atoms with E-state index in [-0.39, 0.29) is 37.1 Å². The van der Waals surface area contributed by atoms with Gasteiger partial charge in [0, 0.05) is 36.6 Å². The van der Waals surface area contributed by atoms with Gasteiger partial charge in [0.15, 0.2) is 18.0 Å². The van der Waals surface area contributed by atoms with Crippen LogP contribution in [0.4, 0.5) is 0 Å². The third-order valence-electron chi connectivity index (χ3n) is 8.62. The van der Waals surface area contributed by atoms with Crippen LogP contribution < -0.4 is 5.32 Å². The van der Waals surface area contributed by atoms with Gasteiger partial charge in [0.1, 0.15) is 0 Å². The van der Waals surface area contributed by atoms with Crippen molar-refractivity contribution >= 4 is 17.8 Å². The number of aliphatic hydroxyl groups is 1. The molecular formula is C25H39NO10. The van der Waals surface area contributed by atoms with Gasteiger partial charge in [0.2, 0.25) is 18.0 Å². The summed E-state index contributed by atoms with van der Waals surface area (Å²) in [7, 11) is 0. The maximum absolute atomic E-state index is 12.6. The van der Waals surface area contributed by atoms with Gasteiger partial charge in [-0.05, 0) is 38.0 Å². The Morgan fingerprint density at radius 3 is 2.53 bits per heavy atom. The SMILES string of the molecule is C[C@H]1[C@H](OC(=O)CCC(=O)NCC(C)(C)[C@H](O)C(=O)O)O[C@@H]2O[C@@]3(C)CC[C@H]4[C@H](C)CC[C@@H]1[C@@]24OO3. The highest BCUT2D eigenvalue weighted by molar-refractivity contribution is 5.81. The lowest BCUT2D eigenvalue weighted by atomic mass is 9.58. The molecule has 36 heavy (non-hydrogen) atoms. The molecular weight excluding hydrogens is 474 g/mol. The Bertz CT molecular complexity index is 879. The summed E-state index contributed by atoms with van der Waals surface area (Å²) in [5.41, 5.74) is -1.82. The fourth-order valence-electron chi connectivity index (χ4n) is 6.26. The summed E-state index contributed by atoms with van der Waals surface area (Å²) >= 11 is 0. The largest absolute Gasteiger partial charge is 0.479 e. The number of hydrogen-bond donors (Lipinski definition) is 3. The zero-order chi connectivity index (χ0) is 26.5. The van der Waals surface area contributed by atoms with E-state index in [2.05, 4.69) is 12.2 Å². The molecule has 0 unspecified atom stereocenters. The van der Waals surface area contributed by atoms with Gasteiger partial charge in [-0.3, -0.25) is 9.59 Å². The number of nitrogens with one attached hydrogen (secondary N) is 1. The fraction of sp³-hybridized carbons (Fsp3) is 0.880. The highest BCUT2D eigenvalue weighted by Gasteiger charge is 2.69. The van der Waals surface area contributed by atoms with Crippen LogP contribution in [0.1, 0.15) is 73.1 Å². The average Bonchev–Trinajstić information content (AvgIpc) is 3.05. The van der Waals surface area contributed by atoms with Crippen LogP contribution in [-0.4, -0.2) is 64.7 Å². The van der Waals surface area contributed by atoms with E-state index in [9.17, 15) is 19.5 Å². The molecule has 1 amide bonds. The molecule has 11 nitrogen and oxygen atoms in total. The Kier molecular flexibility index (Phi) is 7.44. The number of esters is 1. The Morgan fingerprint density at radius 1 is 1.11 bits per heavy atom. The van der Waals surface area contributed by atoms with E-state index in [0.29, 0.717) is 12.3 Å². The molecule has 0 aromatic rings. The summed E-state index contributed by atoms with van der Waals surface area (Å²) < 4.78 is 18.1. The molecule has 5 fully saturated rings. The fourth-order valence-corrected chi connectivity index (χ4v) is 6.26. The summed E-state index contributed by atoms with van der Waals surface area (Å²) in [6.45, 7) is 9.04. The molecule has 5 aliphatic rings. The normalized spacial score (nSPS) is 40.5. The number of rotatable bonds is 8. The number of ether oxygens (including phenoxy) is 3. The van der Waals surface area contributed by atoms with Crippen LogP contribution in [0, 0.1) is 29.1 Å². The zero-order valence-electron chi connectivity index (χ0n) is 21.7. The molecule has 2 bridgehead atoms. The molecule has 5 rings (SSSR count). The molecule has 0 aromatic carbocycles. The van der Waals surface area contributed by atoms with Gasteiger partial charge in [0.25, 0.3) is 0 Å². The molecule has 9 atom stereocenters. The summed E-state index contributed by atoms with van der Waals surface area (Å²) in [4.78, 5) is 47.7. The molecule has 204 valence electrons. The Hall–Kier alpha value is -1.79. The van der Waals surface area contributed by atoms with E-state index in [1.165, 1.54) is 13.8 Å². The first-order chi connectivity index (χ1) is 16.8. The van der Waals surface area contributed by atoms with Crippen molar-refractivity contribution in [2.24, 2.45) is 29.1 Å². The van der Waals surface area contributed by atoms with Gasteiger partial charge in [0.05, 0.1) is 6.42 Å². The number of fused-ring (bicyclic) bond motifs is 2. The van der Waals surface area contributed by atoms with Crippen LogP contribution in [0.5, 0.6) is 0 Å². The topological polar surface area (TPSA) is 150 Å². The lowest BCUT2D eigenvalue weighted by molar-refractivity contribution is -0.576. The molecule has 4 aliphatic heterocycles. The van der Waals surface area contributed by atoms with Crippen LogP contribution >= 0.6 is 0 Å². The predicted octanol–water partition coefficient (Wildman–Crippen LogP) is 2.11. The second kappa shape index (κ2) is 9.83. The molecule has 1 aliphatic carbocycles. The zero-order valence-corrected chi connectivity index (χ0v) is 21.7. The Labute approximate surface area is 211 Å². The van der Waals surface area contributed by atoms with Crippen LogP contribution in [0.3, 0.4) is 0 Å². The number of amides is 1. The molecule has 0 aromatic heterocycles. The first-order valence-electron chi connectivity index (χ1n) is 12.9. The minimum Gasteiger partial charge on any atom is -0.479 e. The Morgan fingerprint density at radius 2 is 1.83 bits per heavy atom. The van der Waals surface area contributed by atoms with Gasteiger partial charge in [-0.15, -0.1) is 0 Å². The summed E-state index contributed by atoms with van der Waals surface area (Å²) in [5, 5.41) is 21.3. The minimum atomic E-state index is -1.63. The quantitative estimate of drug-likeness (QED) is 0.325. The molecule has 1 spiro atoms. The second-order valence-electron chi connectivity index (χ2n) is 11.8. The third kappa shape index (κ3) is 4.88. The number of carbonyl (C=O) groups excluding carboxylic acids is 2. The number of carbonyl (C=O) groups is 3. The Balaban J connectivity index is 1.35. The van der Waals surface area contributed by atoms with Crippen molar-refractivity contribution in [3.8, 4) is 0 Å². The summed E-state index contributed by atoms with van der Waals surface area (Å²) in [6.07, 6.45) is -0.0108. The first-order valence-corrected chi connectivity index (χ1v) is 12.9. The van der Waals surface area contributed by atoms with Gasteiger partial charge >= 0.3 is 11.9 Å². The van der Waals surface area contributed by atoms with Crippen molar-refractivity contribution in [2.45, 2.75) is 103 Å². The monoisotopic (exact) mass is 513 g/mol. The smallest absolute Gasteiger partial charge is 0.333 e.